The zero-order valence-electron chi connectivity index (χ0n) is 9.50. The highest BCUT2D eigenvalue weighted by atomic mass is 16.7. The summed E-state index contributed by atoms with van der Waals surface area (Å²) in [6.45, 7) is 6.64. The first-order chi connectivity index (χ1) is 6.43. The molecule has 0 radical (unpaired) electrons. The van der Waals surface area contributed by atoms with E-state index in [1.807, 2.05) is 0 Å². The van der Waals surface area contributed by atoms with Crippen LogP contribution in [0.4, 0.5) is 4.79 Å². The first kappa shape index (κ1) is 11.3. The molecule has 0 bridgehead atoms. The predicted molar refractivity (Wildman–Crippen MR) is 54.1 cm³/mol. The molecule has 0 amide bonds. The zero-order chi connectivity index (χ0) is 10.8. The minimum absolute atomic E-state index is 0.0289. The van der Waals surface area contributed by atoms with Gasteiger partial charge in [0.05, 0.1) is 7.11 Å². The van der Waals surface area contributed by atoms with Crippen molar-refractivity contribution in [2.75, 3.05) is 7.11 Å². The second kappa shape index (κ2) is 4.20. The van der Waals surface area contributed by atoms with Crippen LogP contribution in [0.1, 0.15) is 40.0 Å². The van der Waals surface area contributed by atoms with Gasteiger partial charge < -0.3 is 9.47 Å². The Labute approximate surface area is 85.8 Å². The number of methoxy groups -OCH3 is 1. The molecule has 1 rings (SSSR count). The van der Waals surface area contributed by atoms with E-state index in [0.29, 0.717) is 5.92 Å². The summed E-state index contributed by atoms with van der Waals surface area (Å²) in [6, 6.07) is 0. The quantitative estimate of drug-likeness (QED) is 0.610. The highest BCUT2D eigenvalue weighted by molar-refractivity contribution is 5.59. The zero-order valence-corrected chi connectivity index (χ0v) is 9.50. The van der Waals surface area contributed by atoms with E-state index in [9.17, 15) is 4.79 Å². The van der Waals surface area contributed by atoms with Gasteiger partial charge in [-0.15, -0.1) is 0 Å². The molecule has 3 nitrogen and oxygen atoms in total. The second-order valence-electron chi connectivity index (χ2n) is 5.11. The Morgan fingerprint density at radius 1 is 1.36 bits per heavy atom. The molecule has 1 aliphatic carbocycles. The maximum atomic E-state index is 11.0. The molecule has 14 heavy (non-hydrogen) atoms. The Kier molecular flexibility index (Phi) is 3.40. The van der Waals surface area contributed by atoms with E-state index in [0.717, 1.165) is 12.8 Å². The lowest BCUT2D eigenvalue weighted by atomic mass is 9.71. The summed E-state index contributed by atoms with van der Waals surface area (Å²) in [6.07, 6.45) is 2.57. The molecule has 1 aliphatic rings. The van der Waals surface area contributed by atoms with Gasteiger partial charge in [0.1, 0.15) is 6.10 Å². The summed E-state index contributed by atoms with van der Waals surface area (Å²) in [5, 5.41) is 0. The van der Waals surface area contributed by atoms with Crippen LogP contribution in [0.5, 0.6) is 0 Å². The summed E-state index contributed by atoms with van der Waals surface area (Å²) in [7, 11) is 1.35. The Morgan fingerprint density at radius 3 is 2.50 bits per heavy atom. The summed E-state index contributed by atoms with van der Waals surface area (Å²) in [4.78, 5) is 11.0. The standard InChI is InChI=1S/C11H20O3/c1-8-5-9(14-10(12)13-4)7-11(2,3)6-8/h8-9H,5-7H2,1-4H3/t8-,9-/m0/s1. The third-order valence-electron chi connectivity index (χ3n) is 2.78. The van der Waals surface area contributed by atoms with Crippen molar-refractivity contribution in [3.8, 4) is 0 Å². The first-order valence-electron chi connectivity index (χ1n) is 5.17. The lowest BCUT2D eigenvalue weighted by molar-refractivity contribution is -0.0129. The molecular formula is C11H20O3. The maximum absolute atomic E-state index is 11.0. The Balaban J connectivity index is 2.50. The van der Waals surface area contributed by atoms with Gasteiger partial charge in [0, 0.05) is 0 Å². The highest BCUT2D eigenvalue weighted by Crippen LogP contribution is 2.39. The summed E-state index contributed by atoms with van der Waals surface area (Å²) in [5.74, 6) is 0.619. The number of hydrogen-bond donors (Lipinski definition) is 0. The van der Waals surface area contributed by atoms with Crippen LogP contribution in [0.15, 0.2) is 0 Å². The minimum atomic E-state index is -0.556. The van der Waals surface area contributed by atoms with Crippen molar-refractivity contribution >= 4 is 6.16 Å². The minimum Gasteiger partial charge on any atom is -0.438 e. The van der Waals surface area contributed by atoms with Crippen molar-refractivity contribution in [2.45, 2.75) is 46.1 Å². The molecule has 3 heteroatoms. The van der Waals surface area contributed by atoms with Gasteiger partial charge >= 0.3 is 6.16 Å². The van der Waals surface area contributed by atoms with Gasteiger partial charge in [-0.3, -0.25) is 0 Å². The number of carbonyl (C=O) groups is 1. The lowest BCUT2D eigenvalue weighted by Crippen LogP contribution is -2.33. The molecular weight excluding hydrogens is 180 g/mol. The molecule has 1 saturated carbocycles. The second-order valence-corrected chi connectivity index (χ2v) is 5.11. The fourth-order valence-electron chi connectivity index (χ4n) is 2.53. The van der Waals surface area contributed by atoms with Crippen LogP contribution < -0.4 is 0 Å². The molecule has 0 spiro atoms. The van der Waals surface area contributed by atoms with Crippen LogP contribution in [-0.4, -0.2) is 19.4 Å². The summed E-state index contributed by atoms with van der Waals surface area (Å²) >= 11 is 0. The van der Waals surface area contributed by atoms with E-state index >= 15 is 0 Å². The largest absolute Gasteiger partial charge is 0.508 e. The molecule has 0 unspecified atom stereocenters. The number of carbonyl (C=O) groups excluding carboxylic acids is 1. The molecule has 0 aromatic rings. The van der Waals surface area contributed by atoms with Crippen LogP contribution >= 0.6 is 0 Å². The van der Waals surface area contributed by atoms with Crippen molar-refractivity contribution in [2.24, 2.45) is 11.3 Å². The van der Waals surface area contributed by atoms with Crippen molar-refractivity contribution in [1.82, 2.24) is 0 Å². The van der Waals surface area contributed by atoms with Gasteiger partial charge in [-0.2, -0.15) is 0 Å². The average molecular weight is 200 g/mol. The van der Waals surface area contributed by atoms with Crippen LogP contribution in [0.25, 0.3) is 0 Å². The molecule has 1 fully saturated rings. The van der Waals surface area contributed by atoms with E-state index in [4.69, 9.17) is 4.74 Å². The molecule has 0 aliphatic heterocycles. The van der Waals surface area contributed by atoms with Gasteiger partial charge in [0.15, 0.2) is 0 Å². The van der Waals surface area contributed by atoms with Crippen molar-refractivity contribution in [1.29, 1.82) is 0 Å². The Hall–Kier alpha value is -0.730. The number of rotatable bonds is 1. The van der Waals surface area contributed by atoms with Crippen LogP contribution in [0, 0.1) is 11.3 Å². The molecule has 0 saturated heterocycles. The maximum Gasteiger partial charge on any atom is 0.508 e. The monoisotopic (exact) mass is 200 g/mol. The van der Waals surface area contributed by atoms with Gasteiger partial charge in [-0.1, -0.05) is 20.8 Å². The van der Waals surface area contributed by atoms with E-state index in [2.05, 4.69) is 25.5 Å². The first-order valence-corrected chi connectivity index (χ1v) is 5.17. The topological polar surface area (TPSA) is 35.5 Å². The normalized spacial score (nSPS) is 30.9. The Bertz CT molecular complexity index is 211. The highest BCUT2D eigenvalue weighted by Gasteiger charge is 2.34. The van der Waals surface area contributed by atoms with Gasteiger partial charge in [0.2, 0.25) is 0 Å². The third kappa shape index (κ3) is 3.20. The summed E-state index contributed by atoms with van der Waals surface area (Å²) < 4.78 is 9.68. The van der Waals surface area contributed by atoms with E-state index in [-0.39, 0.29) is 11.5 Å². The Morgan fingerprint density at radius 2 is 2.00 bits per heavy atom. The lowest BCUT2D eigenvalue weighted by Gasteiger charge is -2.38. The van der Waals surface area contributed by atoms with Crippen molar-refractivity contribution in [3.05, 3.63) is 0 Å². The molecule has 0 heterocycles. The predicted octanol–water partition coefficient (Wildman–Crippen LogP) is 2.98. The molecule has 0 N–H and O–H groups in total. The van der Waals surface area contributed by atoms with Gasteiger partial charge in [0.25, 0.3) is 0 Å². The fraction of sp³-hybridized carbons (Fsp3) is 0.909. The SMILES string of the molecule is COC(=O)O[C@H]1C[C@H](C)CC(C)(C)C1. The van der Waals surface area contributed by atoms with Crippen LogP contribution in [0.2, 0.25) is 0 Å². The molecule has 2 atom stereocenters. The fourth-order valence-corrected chi connectivity index (χ4v) is 2.53. The molecule has 82 valence electrons. The van der Waals surface area contributed by atoms with Gasteiger partial charge in [-0.05, 0) is 30.6 Å². The van der Waals surface area contributed by atoms with E-state index in [1.54, 1.807) is 0 Å². The van der Waals surface area contributed by atoms with Gasteiger partial charge in [-0.25, -0.2) is 4.79 Å². The van der Waals surface area contributed by atoms with Crippen molar-refractivity contribution < 1.29 is 14.3 Å². The molecule has 0 aromatic carbocycles. The van der Waals surface area contributed by atoms with Crippen molar-refractivity contribution in [3.63, 3.8) is 0 Å². The van der Waals surface area contributed by atoms with Crippen LogP contribution in [0.3, 0.4) is 0 Å². The third-order valence-corrected chi connectivity index (χ3v) is 2.78. The average Bonchev–Trinajstić information content (AvgIpc) is 1.99. The number of hydrogen-bond acceptors (Lipinski definition) is 3. The van der Waals surface area contributed by atoms with Crippen LogP contribution in [-0.2, 0) is 9.47 Å². The molecule has 0 aromatic heterocycles. The number of ether oxygens (including phenoxy) is 2. The summed E-state index contributed by atoms with van der Waals surface area (Å²) in [5.41, 5.74) is 0.274. The van der Waals surface area contributed by atoms with E-state index in [1.165, 1.54) is 13.5 Å². The van der Waals surface area contributed by atoms with E-state index < -0.39 is 6.16 Å². The smallest absolute Gasteiger partial charge is 0.438 e.